The van der Waals surface area contributed by atoms with Gasteiger partial charge in [0, 0.05) is 71.1 Å². The summed E-state index contributed by atoms with van der Waals surface area (Å²) in [4.78, 5) is 40.0. The third-order valence-electron chi connectivity index (χ3n) is 10.8. The van der Waals surface area contributed by atoms with Crippen molar-refractivity contribution >= 4 is 117 Å². The maximum atomic E-state index is 13.6. The van der Waals surface area contributed by atoms with Gasteiger partial charge in [0.05, 0.1) is 48.9 Å². The molecule has 0 unspecified atom stereocenters. The quantitative estimate of drug-likeness (QED) is 0.0345. The number of rotatable bonds is 16. The zero-order valence-electron chi connectivity index (χ0n) is 36.7. The first-order valence-electron chi connectivity index (χ1n) is 20.2. The highest BCUT2D eigenvalue weighted by atomic mass is 35.5. The largest absolute Gasteiger partial charge is 0.478 e. The summed E-state index contributed by atoms with van der Waals surface area (Å²) in [5.41, 5.74) is -1.99. The Balaban J connectivity index is 1.55. The number of nitrogens with one attached hydrogen (secondary N) is 4. The van der Waals surface area contributed by atoms with Crippen molar-refractivity contribution in [2.45, 2.75) is 86.6 Å². The van der Waals surface area contributed by atoms with E-state index in [9.17, 15) is 53.8 Å². The van der Waals surface area contributed by atoms with Crippen LogP contribution in [0.4, 0.5) is 5.69 Å². The van der Waals surface area contributed by atoms with E-state index < -0.39 is 95.5 Å². The highest BCUT2D eigenvalue weighted by Gasteiger charge is 2.42. The molecule has 0 aliphatic carbocycles. The van der Waals surface area contributed by atoms with Crippen molar-refractivity contribution in [2.24, 2.45) is 0 Å². The van der Waals surface area contributed by atoms with Crippen molar-refractivity contribution in [3.8, 4) is 11.5 Å². The van der Waals surface area contributed by atoms with Crippen LogP contribution in [-0.2, 0) is 39.7 Å². The first-order valence-corrected chi connectivity index (χ1v) is 26.9. The van der Waals surface area contributed by atoms with Gasteiger partial charge in [0.25, 0.3) is 10.1 Å². The van der Waals surface area contributed by atoms with Crippen LogP contribution in [0.1, 0.15) is 93.4 Å². The minimum Gasteiger partial charge on any atom is -0.478 e. The summed E-state index contributed by atoms with van der Waals surface area (Å²) in [5, 5.41) is 18.3. The second kappa shape index (κ2) is 18.8. The van der Waals surface area contributed by atoms with Gasteiger partial charge >= 0.3 is 16.1 Å². The molecule has 3 heterocycles. The average molecular weight is 1060 g/mol. The maximum Gasteiger partial charge on any atom is 0.337 e. The Kier molecular flexibility index (Phi) is 14.6. The molecule has 0 saturated carbocycles. The van der Waals surface area contributed by atoms with Gasteiger partial charge in [0.2, 0.25) is 22.1 Å². The van der Waals surface area contributed by atoms with E-state index in [1.54, 1.807) is 53.7 Å². The molecule has 17 nitrogen and oxygen atoms in total. The van der Waals surface area contributed by atoms with Crippen LogP contribution in [0.2, 0.25) is 15.1 Å². The van der Waals surface area contributed by atoms with Crippen LogP contribution in [-0.4, -0.2) is 92.9 Å². The molecular formula is C43H46Cl3N4O13S4+. The zero-order valence-corrected chi connectivity index (χ0v) is 42.3. The first kappa shape index (κ1) is 51.9. The van der Waals surface area contributed by atoms with E-state index >= 15 is 0 Å². The van der Waals surface area contributed by atoms with E-state index in [-0.39, 0.29) is 85.4 Å². The molecule has 0 radical (unpaired) electrons. The molecule has 24 heteroatoms. The van der Waals surface area contributed by atoms with Crippen molar-refractivity contribution < 1.29 is 63.6 Å². The highest BCUT2D eigenvalue weighted by molar-refractivity contribution is 8.00. The number of thioether (sulfide) groups is 1. The summed E-state index contributed by atoms with van der Waals surface area (Å²) in [5.74, 6) is -4.54. The third-order valence-corrected chi connectivity index (χ3v) is 16.5. The van der Waals surface area contributed by atoms with Gasteiger partial charge in [0.1, 0.15) is 0 Å². The summed E-state index contributed by atoms with van der Waals surface area (Å²) in [6.45, 7) is 13.6. The van der Waals surface area contributed by atoms with E-state index in [1.807, 2.05) is 0 Å². The number of ether oxygens (including phenoxy) is 1. The van der Waals surface area contributed by atoms with Crippen LogP contribution < -0.4 is 36.3 Å². The molecule has 0 atom stereocenters. The standard InChI is InChI=1S/C43H45Cl3N4O13S4/c1-8-65(55,56)14-13-48-26(51)11-9-10-12-47-27(52)19-64-38-32(45)29(30(41(53)54)31(44)33(38)46)28-24-15-22-20(2)17-42(4,5)49-34(22)39(66(57,58)59)36(24)63-37-25(28)16-23-21(3)18-43(6,7)50-35(23)40(37)67(60,61)62/h8,15-18,49H,1,9-14,19H2,2-7H3,(H,47,52)(H,48,51)(H,53,54)(H,57,58,59)(H,60,61,62)/p+1. The number of carbonyl (C=O) groups excluding carboxylic acids is 2. The molecule has 0 fully saturated rings. The predicted octanol–water partition coefficient (Wildman–Crippen LogP) is 4.75. The molecule has 6 rings (SSSR count). The number of hydrogen-bond donors (Lipinski definition) is 7. The highest BCUT2D eigenvalue weighted by Crippen LogP contribution is 2.53. The lowest BCUT2D eigenvalue weighted by atomic mass is 9.84. The van der Waals surface area contributed by atoms with Crippen molar-refractivity contribution in [3.05, 3.63) is 89.7 Å². The summed E-state index contributed by atoms with van der Waals surface area (Å²) < 4.78 is 106. The second-order valence-corrected chi connectivity index (χ2v) is 24.0. The van der Waals surface area contributed by atoms with Crippen molar-refractivity contribution in [1.29, 1.82) is 0 Å². The van der Waals surface area contributed by atoms with Gasteiger partial charge in [-0.25, -0.2) is 18.2 Å². The Morgan fingerprint density at radius 3 is 2.07 bits per heavy atom. The monoisotopic (exact) mass is 1060 g/mol. The normalized spacial score (nSPS) is 15.8. The zero-order chi connectivity index (χ0) is 49.9. The lowest BCUT2D eigenvalue weighted by molar-refractivity contribution is -0.570. The average Bonchev–Trinajstić information content (AvgIpc) is 3.18. The fraction of sp³-hybridized carbons (Fsp3) is 0.349. The minimum absolute atomic E-state index is 0.0646. The van der Waals surface area contributed by atoms with E-state index in [4.69, 9.17) is 39.5 Å². The van der Waals surface area contributed by atoms with Crippen LogP contribution in [0, 0.1) is 0 Å². The van der Waals surface area contributed by atoms with Gasteiger partial charge in [-0.05, 0) is 69.9 Å². The first-order chi connectivity index (χ1) is 30.9. The maximum absolute atomic E-state index is 13.6. The predicted molar refractivity (Wildman–Crippen MR) is 256 cm³/mol. The Bertz CT molecular complexity index is 3260. The Morgan fingerprint density at radius 1 is 0.836 bits per heavy atom. The smallest absolute Gasteiger partial charge is 0.337 e. The number of amides is 2. The Labute approximate surface area is 406 Å². The second-order valence-electron chi connectivity index (χ2n) is 17.1. The summed E-state index contributed by atoms with van der Waals surface area (Å²) >= 11 is 21.5. The fourth-order valence-electron chi connectivity index (χ4n) is 8.22. The summed E-state index contributed by atoms with van der Waals surface area (Å²) in [6, 6.07) is 2.92. The number of unbranched alkanes of at least 4 members (excludes halogenated alkanes) is 1. The molecule has 0 spiro atoms. The number of fused-ring (bicyclic) bond motifs is 4. The fourth-order valence-corrected chi connectivity index (χ4v) is 12.4. The lowest BCUT2D eigenvalue weighted by Gasteiger charge is -2.35. The number of aromatic carboxylic acids is 1. The number of sulfone groups is 1. The van der Waals surface area contributed by atoms with E-state index in [0.29, 0.717) is 24.0 Å². The van der Waals surface area contributed by atoms with Crippen LogP contribution in [0.5, 0.6) is 11.5 Å². The molecule has 67 heavy (non-hydrogen) atoms. The number of carbonyl (C=O) groups is 3. The van der Waals surface area contributed by atoms with E-state index in [0.717, 1.165) is 17.2 Å². The Morgan fingerprint density at radius 2 is 1.46 bits per heavy atom. The number of allylic oxidation sites excluding steroid dienone is 2. The van der Waals surface area contributed by atoms with Crippen molar-refractivity contribution in [3.63, 3.8) is 0 Å². The minimum atomic E-state index is -5.32. The molecule has 3 aromatic rings. The molecule has 3 aromatic carbocycles. The summed E-state index contributed by atoms with van der Waals surface area (Å²) in [6.07, 6.45) is 4.36. The van der Waals surface area contributed by atoms with Crippen LogP contribution in [0.25, 0.3) is 16.7 Å². The number of carboxylic acids is 1. The molecule has 7 N–H and O–H groups in total. The summed E-state index contributed by atoms with van der Waals surface area (Å²) in [7, 11) is -14.1. The van der Waals surface area contributed by atoms with Crippen LogP contribution in [0.15, 0.2) is 51.0 Å². The molecule has 3 aliphatic rings. The molecule has 2 amide bonds. The molecule has 360 valence electrons. The third kappa shape index (κ3) is 10.7. The molecule has 3 aliphatic heterocycles. The van der Waals surface area contributed by atoms with Crippen LogP contribution in [0.3, 0.4) is 0 Å². The molecule has 0 saturated heterocycles. The SMILES string of the molecule is C=CS(=O)(=O)CCNC(=O)CCCCNC(=O)CSc1c(Cl)c(Cl)c(C(=O)O)c(C2=c3cc4c(c(S(=O)(=O)O)c3Oc3c2cc2c(c3S(=O)(=O)O)NC(C)(C)C=C2C)=[NH+]C(C)(C)C=C4C)c1Cl. The van der Waals surface area contributed by atoms with Gasteiger partial charge in [0.15, 0.2) is 31.8 Å². The lowest BCUT2D eigenvalue weighted by Crippen LogP contribution is -2.89. The number of hydrogen-bond acceptors (Lipinski definition) is 12. The molecule has 0 bridgehead atoms. The molecular weight excluding hydrogens is 1020 g/mol. The van der Waals surface area contributed by atoms with Gasteiger partial charge in [-0.15, -0.1) is 11.8 Å². The Hall–Kier alpha value is -4.45. The number of halogens is 3. The van der Waals surface area contributed by atoms with Crippen molar-refractivity contribution in [1.82, 2.24) is 10.6 Å². The topological polar surface area (TPSA) is 274 Å². The van der Waals surface area contributed by atoms with E-state index in [1.165, 1.54) is 12.1 Å². The van der Waals surface area contributed by atoms with Crippen molar-refractivity contribution in [2.75, 3.05) is 29.9 Å². The van der Waals surface area contributed by atoms with Gasteiger partial charge in [-0.3, -0.25) is 18.7 Å². The van der Waals surface area contributed by atoms with Gasteiger partial charge < -0.3 is 25.8 Å². The van der Waals surface area contributed by atoms with E-state index in [2.05, 4.69) is 27.5 Å². The number of anilines is 1. The van der Waals surface area contributed by atoms with Gasteiger partial charge in [-0.2, -0.15) is 16.8 Å². The molecule has 0 aromatic heterocycles. The number of carboxylic acid groups (broad SMARTS) is 1. The van der Waals surface area contributed by atoms with Gasteiger partial charge in [-0.1, -0.05) is 47.5 Å². The number of benzene rings is 3. The van der Waals surface area contributed by atoms with Crippen LogP contribution >= 0.6 is 46.6 Å².